The first-order valence-electron chi connectivity index (χ1n) is 6.09. The van der Waals surface area contributed by atoms with E-state index in [0.29, 0.717) is 6.54 Å². The van der Waals surface area contributed by atoms with E-state index >= 15 is 0 Å². The van der Waals surface area contributed by atoms with E-state index in [1.54, 1.807) is 4.68 Å². The van der Waals surface area contributed by atoms with Crippen molar-refractivity contribution in [1.82, 2.24) is 20.3 Å². The molecule has 5 nitrogen and oxygen atoms in total. The Morgan fingerprint density at radius 1 is 1.50 bits per heavy atom. The topological polar surface area (TPSA) is 63.0 Å². The Morgan fingerprint density at radius 3 is 3.06 bits per heavy atom. The summed E-state index contributed by atoms with van der Waals surface area (Å²) in [5.41, 5.74) is 0.946. The summed E-state index contributed by atoms with van der Waals surface area (Å²) in [6.45, 7) is 2.47. The molecule has 1 saturated carbocycles. The molecule has 0 saturated heterocycles. The van der Waals surface area contributed by atoms with E-state index in [9.17, 15) is 0 Å². The lowest BCUT2D eigenvalue weighted by Crippen LogP contribution is -2.21. The van der Waals surface area contributed by atoms with Gasteiger partial charge < -0.3 is 10.4 Å². The fraction of sp³-hybridized carbons (Fsp3) is 0.818. The monoisotopic (exact) mass is 224 g/mol. The molecule has 0 aromatic carbocycles. The van der Waals surface area contributed by atoms with Crippen molar-refractivity contribution < 1.29 is 5.11 Å². The van der Waals surface area contributed by atoms with Crippen LogP contribution in [0.5, 0.6) is 0 Å². The fourth-order valence-corrected chi connectivity index (χ4v) is 1.94. The van der Waals surface area contributed by atoms with Crippen LogP contribution in [0, 0.1) is 5.92 Å². The Balaban J connectivity index is 1.60. The molecule has 1 aliphatic rings. The number of aromatic nitrogens is 3. The van der Waals surface area contributed by atoms with E-state index in [-0.39, 0.29) is 6.61 Å². The molecule has 0 amide bonds. The van der Waals surface area contributed by atoms with Crippen LogP contribution in [0.3, 0.4) is 0 Å². The van der Waals surface area contributed by atoms with Crippen molar-refractivity contribution >= 4 is 0 Å². The van der Waals surface area contributed by atoms with Crippen LogP contribution in [0.15, 0.2) is 6.20 Å². The van der Waals surface area contributed by atoms with Gasteiger partial charge in [-0.25, -0.2) is 4.68 Å². The van der Waals surface area contributed by atoms with Gasteiger partial charge in [0.25, 0.3) is 0 Å². The molecule has 2 rings (SSSR count). The van der Waals surface area contributed by atoms with Gasteiger partial charge in [0.1, 0.15) is 0 Å². The average Bonchev–Trinajstić information content (AvgIpc) is 2.63. The Morgan fingerprint density at radius 2 is 2.38 bits per heavy atom. The van der Waals surface area contributed by atoms with Crippen LogP contribution in [0.25, 0.3) is 0 Å². The first-order chi connectivity index (χ1) is 7.88. The van der Waals surface area contributed by atoms with Crippen molar-refractivity contribution in [2.45, 2.75) is 38.8 Å². The van der Waals surface area contributed by atoms with Crippen LogP contribution in [0.2, 0.25) is 0 Å². The van der Waals surface area contributed by atoms with Crippen molar-refractivity contribution in [3.05, 3.63) is 11.9 Å². The molecule has 1 heterocycles. The Kier molecular flexibility index (Phi) is 4.30. The molecular weight excluding hydrogens is 204 g/mol. The van der Waals surface area contributed by atoms with Crippen molar-refractivity contribution in [2.75, 3.05) is 13.2 Å². The summed E-state index contributed by atoms with van der Waals surface area (Å²) in [5, 5.41) is 20.1. The molecule has 0 bridgehead atoms. The molecular formula is C11H20N4O. The Hall–Kier alpha value is -0.940. The second kappa shape index (κ2) is 5.96. The second-order valence-electron chi connectivity index (χ2n) is 4.46. The zero-order valence-electron chi connectivity index (χ0n) is 9.60. The van der Waals surface area contributed by atoms with Gasteiger partial charge in [0.15, 0.2) is 0 Å². The summed E-state index contributed by atoms with van der Waals surface area (Å²) in [6, 6.07) is 0. The van der Waals surface area contributed by atoms with Gasteiger partial charge in [-0.1, -0.05) is 24.5 Å². The van der Waals surface area contributed by atoms with Crippen molar-refractivity contribution in [3.8, 4) is 0 Å². The normalized spacial score (nSPS) is 16.3. The molecule has 0 aliphatic heterocycles. The van der Waals surface area contributed by atoms with Crippen LogP contribution in [0.1, 0.15) is 31.4 Å². The minimum atomic E-state index is 0.109. The summed E-state index contributed by atoms with van der Waals surface area (Å²) >= 11 is 0. The maximum absolute atomic E-state index is 8.73. The predicted octanol–water partition coefficient (Wildman–Crippen LogP) is 0.550. The van der Waals surface area contributed by atoms with Gasteiger partial charge >= 0.3 is 0 Å². The number of aliphatic hydroxyl groups is 1. The fourth-order valence-electron chi connectivity index (χ4n) is 1.94. The summed E-state index contributed by atoms with van der Waals surface area (Å²) in [5.74, 6) is 0.956. The van der Waals surface area contributed by atoms with Gasteiger partial charge in [0, 0.05) is 12.7 Å². The first-order valence-corrected chi connectivity index (χ1v) is 6.09. The predicted molar refractivity (Wildman–Crippen MR) is 60.8 cm³/mol. The van der Waals surface area contributed by atoms with Gasteiger partial charge in [-0.3, -0.25) is 0 Å². The summed E-state index contributed by atoms with van der Waals surface area (Å²) in [6.07, 6.45) is 7.40. The van der Waals surface area contributed by atoms with E-state index in [2.05, 4.69) is 15.6 Å². The number of aliphatic hydroxyl groups excluding tert-OH is 1. The standard InChI is InChI=1S/C11H20N4O/c16-7-6-15-9-11(13-14-15)8-12-5-4-10-2-1-3-10/h9-10,12,16H,1-8H2. The lowest BCUT2D eigenvalue weighted by Gasteiger charge is -2.25. The molecule has 1 aromatic heterocycles. The number of rotatable bonds is 7. The third-order valence-electron chi connectivity index (χ3n) is 3.18. The van der Waals surface area contributed by atoms with Gasteiger partial charge in [-0.2, -0.15) is 0 Å². The third kappa shape index (κ3) is 3.28. The van der Waals surface area contributed by atoms with Crippen molar-refractivity contribution in [1.29, 1.82) is 0 Å². The molecule has 0 atom stereocenters. The molecule has 1 aliphatic carbocycles. The number of nitrogens with one attached hydrogen (secondary N) is 1. The Labute approximate surface area is 95.8 Å². The van der Waals surface area contributed by atoms with Crippen LogP contribution < -0.4 is 5.32 Å². The van der Waals surface area contributed by atoms with Gasteiger partial charge in [0.05, 0.1) is 18.8 Å². The number of hydrogen-bond donors (Lipinski definition) is 2. The molecule has 2 N–H and O–H groups in total. The lowest BCUT2D eigenvalue weighted by atomic mass is 9.83. The molecule has 0 radical (unpaired) electrons. The number of hydrogen-bond acceptors (Lipinski definition) is 4. The maximum Gasteiger partial charge on any atom is 0.0964 e. The first kappa shape index (κ1) is 11.5. The molecule has 0 unspecified atom stereocenters. The summed E-state index contributed by atoms with van der Waals surface area (Å²) in [7, 11) is 0. The quantitative estimate of drug-likeness (QED) is 0.664. The van der Waals surface area contributed by atoms with Gasteiger partial charge in [-0.05, 0) is 18.9 Å². The largest absolute Gasteiger partial charge is 0.394 e. The highest BCUT2D eigenvalue weighted by Gasteiger charge is 2.16. The van der Waals surface area contributed by atoms with Crippen molar-refractivity contribution in [2.24, 2.45) is 5.92 Å². The minimum Gasteiger partial charge on any atom is -0.394 e. The van der Waals surface area contributed by atoms with Crippen LogP contribution in [0.4, 0.5) is 0 Å². The van der Waals surface area contributed by atoms with Gasteiger partial charge in [-0.15, -0.1) is 5.10 Å². The SMILES string of the molecule is OCCn1cc(CNCCC2CCC2)nn1. The second-order valence-corrected chi connectivity index (χ2v) is 4.46. The summed E-state index contributed by atoms with van der Waals surface area (Å²) in [4.78, 5) is 0. The zero-order valence-corrected chi connectivity index (χ0v) is 9.60. The Bertz CT molecular complexity index is 309. The maximum atomic E-state index is 8.73. The van der Waals surface area contributed by atoms with Crippen LogP contribution >= 0.6 is 0 Å². The lowest BCUT2D eigenvalue weighted by molar-refractivity contribution is 0.268. The smallest absolute Gasteiger partial charge is 0.0964 e. The van der Waals surface area contributed by atoms with E-state index in [0.717, 1.165) is 24.7 Å². The molecule has 0 spiro atoms. The minimum absolute atomic E-state index is 0.109. The highest BCUT2D eigenvalue weighted by atomic mass is 16.3. The average molecular weight is 224 g/mol. The van der Waals surface area contributed by atoms with E-state index in [1.165, 1.54) is 25.7 Å². The third-order valence-corrected chi connectivity index (χ3v) is 3.18. The zero-order chi connectivity index (χ0) is 11.2. The molecule has 90 valence electrons. The van der Waals surface area contributed by atoms with Crippen molar-refractivity contribution in [3.63, 3.8) is 0 Å². The van der Waals surface area contributed by atoms with Gasteiger partial charge in [0.2, 0.25) is 0 Å². The highest BCUT2D eigenvalue weighted by Crippen LogP contribution is 2.28. The molecule has 1 fully saturated rings. The van der Waals surface area contributed by atoms with E-state index in [4.69, 9.17) is 5.11 Å². The molecule has 5 heteroatoms. The van der Waals surface area contributed by atoms with Crippen LogP contribution in [-0.2, 0) is 13.1 Å². The van der Waals surface area contributed by atoms with Crippen LogP contribution in [-0.4, -0.2) is 33.3 Å². The van der Waals surface area contributed by atoms with E-state index < -0.39 is 0 Å². The highest BCUT2D eigenvalue weighted by molar-refractivity contribution is 4.91. The van der Waals surface area contributed by atoms with E-state index in [1.807, 2.05) is 6.20 Å². The molecule has 1 aromatic rings. The molecule has 16 heavy (non-hydrogen) atoms. The number of nitrogens with zero attached hydrogens (tertiary/aromatic N) is 3. The summed E-state index contributed by atoms with van der Waals surface area (Å²) < 4.78 is 1.67.